The summed E-state index contributed by atoms with van der Waals surface area (Å²) in [6.45, 7) is 6.39. The summed E-state index contributed by atoms with van der Waals surface area (Å²) < 4.78 is 31.7. The highest BCUT2D eigenvalue weighted by atomic mass is 32.2. The topological polar surface area (TPSA) is 72.6 Å². The number of rotatable bonds is 6. The third kappa shape index (κ3) is 3.31. The molecular weight excluding hydrogens is 276 g/mol. The Hall–Kier alpha value is -1.11. The number of hydrogen-bond acceptors (Lipinski definition) is 4. The lowest BCUT2D eigenvalue weighted by molar-refractivity contribution is 0.189. The van der Waals surface area contributed by atoms with Crippen molar-refractivity contribution in [3.63, 3.8) is 0 Å². The van der Waals surface area contributed by atoms with Crippen LogP contribution in [0.5, 0.6) is 0 Å². The first-order valence-electron chi connectivity index (χ1n) is 6.55. The van der Waals surface area contributed by atoms with Crippen molar-refractivity contribution in [2.75, 3.05) is 33.0 Å². The van der Waals surface area contributed by atoms with Crippen molar-refractivity contribution in [3.05, 3.63) is 22.8 Å². The van der Waals surface area contributed by atoms with Gasteiger partial charge < -0.3 is 10.5 Å². The molecule has 6 heteroatoms. The SMILES string of the molecule is COCCCN(C)S(=O)(=O)c1c(C)c(C)cc(N)c1C. The molecule has 5 nitrogen and oxygen atoms in total. The second-order valence-electron chi connectivity index (χ2n) is 5.03. The molecule has 0 bridgehead atoms. The Labute approximate surface area is 121 Å². The van der Waals surface area contributed by atoms with Gasteiger partial charge in [-0.15, -0.1) is 0 Å². The minimum atomic E-state index is -3.53. The first-order chi connectivity index (χ1) is 9.23. The Balaban J connectivity index is 3.22. The zero-order valence-electron chi connectivity index (χ0n) is 12.9. The molecular formula is C14H24N2O3S. The summed E-state index contributed by atoms with van der Waals surface area (Å²) in [6.07, 6.45) is 0.658. The van der Waals surface area contributed by atoms with E-state index in [1.165, 1.54) is 4.31 Å². The van der Waals surface area contributed by atoms with Gasteiger partial charge in [0.05, 0.1) is 4.90 Å². The van der Waals surface area contributed by atoms with Crippen LogP contribution in [0.4, 0.5) is 5.69 Å². The van der Waals surface area contributed by atoms with Crippen LogP contribution in [0.3, 0.4) is 0 Å². The van der Waals surface area contributed by atoms with Crippen molar-refractivity contribution >= 4 is 15.7 Å². The number of nitrogens with zero attached hydrogens (tertiary/aromatic N) is 1. The highest BCUT2D eigenvalue weighted by Gasteiger charge is 2.26. The maximum Gasteiger partial charge on any atom is 0.243 e. The van der Waals surface area contributed by atoms with Gasteiger partial charge in [-0.25, -0.2) is 12.7 Å². The molecule has 0 aliphatic carbocycles. The van der Waals surface area contributed by atoms with Gasteiger partial charge in [-0.3, -0.25) is 0 Å². The summed E-state index contributed by atoms with van der Waals surface area (Å²) in [5.74, 6) is 0. The van der Waals surface area contributed by atoms with E-state index >= 15 is 0 Å². The molecule has 1 aromatic carbocycles. The molecule has 0 aliphatic heterocycles. The Kier molecular flexibility index (Phi) is 5.56. The van der Waals surface area contributed by atoms with E-state index in [1.54, 1.807) is 21.1 Å². The predicted molar refractivity (Wildman–Crippen MR) is 81.4 cm³/mol. The molecule has 0 amide bonds. The average molecular weight is 300 g/mol. The summed E-state index contributed by atoms with van der Waals surface area (Å²) in [5.41, 5.74) is 8.68. The van der Waals surface area contributed by atoms with Gasteiger partial charge in [0.25, 0.3) is 0 Å². The van der Waals surface area contributed by atoms with Crippen molar-refractivity contribution in [2.24, 2.45) is 0 Å². The quantitative estimate of drug-likeness (QED) is 0.643. The Bertz CT molecular complexity index is 556. The van der Waals surface area contributed by atoms with Crippen molar-refractivity contribution < 1.29 is 13.2 Å². The zero-order valence-corrected chi connectivity index (χ0v) is 13.7. The molecule has 0 aromatic heterocycles. The first-order valence-corrected chi connectivity index (χ1v) is 7.99. The van der Waals surface area contributed by atoms with Gasteiger partial charge in [-0.2, -0.15) is 0 Å². The van der Waals surface area contributed by atoms with E-state index in [0.29, 0.717) is 35.7 Å². The van der Waals surface area contributed by atoms with Gasteiger partial charge in [-0.1, -0.05) is 0 Å². The van der Waals surface area contributed by atoms with Crippen LogP contribution in [0.15, 0.2) is 11.0 Å². The van der Waals surface area contributed by atoms with Crippen LogP contribution < -0.4 is 5.73 Å². The normalized spacial score (nSPS) is 12.1. The average Bonchev–Trinajstić information content (AvgIpc) is 2.36. The number of ether oxygens (including phenoxy) is 1. The number of methoxy groups -OCH3 is 1. The van der Waals surface area contributed by atoms with Gasteiger partial charge in [-0.05, 0) is 49.9 Å². The minimum absolute atomic E-state index is 0.329. The fourth-order valence-electron chi connectivity index (χ4n) is 2.14. The smallest absolute Gasteiger partial charge is 0.243 e. The van der Waals surface area contributed by atoms with Crippen LogP contribution in [-0.2, 0) is 14.8 Å². The lowest BCUT2D eigenvalue weighted by Crippen LogP contribution is -2.30. The second-order valence-corrected chi connectivity index (χ2v) is 7.02. The molecule has 2 N–H and O–H groups in total. The molecule has 0 radical (unpaired) electrons. The van der Waals surface area contributed by atoms with E-state index in [4.69, 9.17) is 10.5 Å². The Morgan fingerprint density at radius 3 is 2.40 bits per heavy atom. The van der Waals surface area contributed by atoms with Crippen LogP contribution >= 0.6 is 0 Å². The van der Waals surface area contributed by atoms with E-state index in [0.717, 1.165) is 11.1 Å². The number of aryl methyl sites for hydroxylation is 1. The van der Waals surface area contributed by atoms with E-state index in [2.05, 4.69) is 0 Å². The maximum absolute atomic E-state index is 12.7. The van der Waals surface area contributed by atoms with Crippen LogP contribution in [0.2, 0.25) is 0 Å². The monoisotopic (exact) mass is 300 g/mol. The number of sulfonamides is 1. The minimum Gasteiger partial charge on any atom is -0.398 e. The highest BCUT2D eigenvalue weighted by Crippen LogP contribution is 2.29. The number of anilines is 1. The molecule has 0 saturated carbocycles. The van der Waals surface area contributed by atoms with E-state index in [1.807, 2.05) is 19.9 Å². The molecule has 0 spiro atoms. The summed E-state index contributed by atoms with van der Waals surface area (Å²) in [4.78, 5) is 0.329. The number of nitrogens with two attached hydrogens (primary N) is 1. The molecule has 0 unspecified atom stereocenters. The standard InChI is InChI=1S/C14H24N2O3S/c1-10-9-13(15)12(3)14(11(10)2)20(17,18)16(4)7-6-8-19-5/h9H,6-8,15H2,1-5H3. The molecule has 0 saturated heterocycles. The van der Waals surface area contributed by atoms with Crippen LogP contribution in [0.25, 0.3) is 0 Å². The highest BCUT2D eigenvalue weighted by molar-refractivity contribution is 7.89. The van der Waals surface area contributed by atoms with Crippen molar-refractivity contribution in [2.45, 2.75) is 32.1 Å². The molecule has 0 heterocycles. The van der Waals surface area contributed by atoms with Crippen LogP contribution in [-0.4, -0.2) is 40.0 Å². The number of hydrogen-bond donors (Lipinski definition) is 1. The van der Waals surface area contributed by atoms with Crippen molar-refractivity contribution in [1.29, 1.82) is 0 Å². The molecule has 114 valence electrons. The van der Waals surface area contributed by atoms with Crippen molar-refractivity contribution in [3.8, 4) is 0 Å². The van der Waals surface area contributed by atoms with Crippen molar-refractivity contribution in [1.82, 2.24) is 4.31 Å². The molecule has 0 atom stereocenters. The predicted octanol–water partition coefficient (Wildman–Crippen LogP) is 1.85. The molecule has 1 aromatic rings. The second kappa shape index (κ2) is 6.56. The van der Waals surface area contributed by atoms with Gasteiger partial charge >= 0.3 is 0 Å². The van der Waals surface area contributed by atoms with E-state index in [9.17, 15) is 8.42 Å². The lowest BCUT2D eigenvalue weighted by atomic mass is 10.1. The first kappa shape index (κ1) is 16.9. The fourth-order valence-corrected chi connectivity index (χ4v) is 3.87. The lowest BCUT2D eigenvalue weighted by Gasteiger charge is -2.21. The fraction of sp³-hybridized carbons (Fsp3) is 0.571. The van der Waals surface area contributed by atoms with E-state index < -0.39 is 10.0 Å². The van der Waals surface area contributed by atoms with Crippen LogP contribution in [0, 0.1) is 20.8 Å². The third-order valence-corrected chi connectivity index (χ3v) is 5.70. The molecule has 0 fully saturated rings. The molecule has 1 rings (SSSR count). The summed E-state index contributed by atoms with van der Waals surface area (Å²) in [5, 5.41) is 0. The van der Waals surface area contributed by atoms with Gasteiger partial charge in [0.15, 0.2) is 0 Å². The summed E-state index contributed by atoms with van der Waals surface area (Å²) in [6, 6.07) is 1.81. The number of nitrogen functional groups attached to an aromatic ring is 1. The largest absolute Gasteiger partial charge is 0.398 e. The summed E-state index contributed by atoms with van der Waals surface area (Å²) in [7, 11) is -0.341. The van der Waals surface area contributed by atoms with Gasteiger partial charge in [0.2, 0.25) is 10.0 Å². The van der Waals surface area contributed by atoms with Gasteiger partial charge in [0, 0.05) is 33.0 Å². The Morgan fingerprint density at radius 2 is 1.85 bits per heavy atom. The van der Waals surface area contributed by atoms with Gasteiger partial charge in [0.1, 0.15) is 0 Å². The molecule has 20 heavy (non-hydrogen) atoms. The number of benzene rings is 1. The zero-order chi connectivity index (χ0) is 15.5. The van der Waals surface area contributed by atoms with Crippen LogP contribution in [0.1, 0.15) is 23.1 Å². The summed E-state index contributed by atoms with van der Waals surface area (Å²) >= 11 is 0. The maximum atomic E-state index is 12.7. The Morgan fingerprint density at radius 1 is 1.25 bits per heavy atom. The molecule has 0 aliphatic rings. The third-order valence-electron chi connectivity index (χ3n) is 3.57. The van der Waals surface area contributed by atoms with E-state index in [-0.39, 0.29) is 0 Å².